The van der Waals surface area contributed by atoms with Crippen LogP contribution in [0.4, 0.5) is 4.79 Å². The van der Waals surface area contributed by atoms with Crippen LogP contribution in [0.2, 0.25) is 0 Å². The Kier molecular flexibility index (Phi) is 8.57. The molecule has 0 aromatic heterocycles. The number of ether oxygens (including phenoxy) is 1. The average molecular weight is 413 g/mol. The number of aliphatic hydroxyl groups excluding tert-OH is 1. The van der Waals surface area contributed by atoms with Gasteiger partial charge in [0.15, 0.2) is 0 Å². The lowest BCUT2D eigenvalue weighted by molar-refractivity contribution is -0.109. The minimum atomic E-state index is -0.674. The van der Waals surface area contributed by atoms with Gasteiger partial charge in [0.1, 0.15) is 11.9 Å². The van der Waals surface area contributed by atoms with Crippen molar-refractivity contribution in [2.24, 2.45) is 0 Å². The molecule has 6 heteroatoms. The first kappa shape index (κ1) is 23.6. The smallest absolute Gasteiger partial charge is 0.425 e. The molecule has 0 heterocycles. The van der Waals surface area contributed by atoms with Crippen molar-refractivity contribution < 1.29 is 19.4 Å². The fourth-order valence-corrected chi connectivity index (χ4v) is 3.47. The molecule has 2 rings (SSSR count). The second-order valence-electron chi connectivity index (χ2n) is 8.23. The Hall–Kier alpha value is -2.70. The van der Waals surface area contributed by atoms with Crippen LogP contribution in [0.1, 0.15) is 44.7 Å². The third-order valence-corrected chi connectivity index (χ3v) is 4.86. The molecule has 2 N–H and O–H groups in total. The molecule has 0 bridgehead atoms. The molecule has 0 saturated carbocycles. The van der Waals surface area contributed by atoms with Crippen molar-refractivity contribution in [1.82, 2.24) is 10.4 Å². The van der Waals surface area contributed by atoms with Gasteiger partial charge in [-0.05, 0) is 44.7 Å². The third kappa shape index (κ3) is 6.40. The quantitative estimate of drug-likeness (QED) is 0.460. The second-order valence-corrected chi connectivity index (χ2v) is 8.23. The predicted molar refractivity (Wildman–Crippen MR) is 117 cm³/mol. The normalized spacial score (nSPS) is 11.7. The van der Waals surface area contributed by atoms with Crippen LogP contribution in [-0.4, -0.2) is 47.8 Å². The molecule has 0 radical (unpaired) electrons. The lowest BCUT2D eigenvalue weighted by Gasteiger charge is -2.37. The molecule has 2 aromatic rings. The molecule has 0 spiro atoms. The molecular weight excluding hydrogens is 380 g/mol. The van der Waals surface area contributed by atoms with Gasteiger partial charge in [0.2, 0.25) is 0 Å². The van der Waals surface area contributed by atoms with Gasteiger partial charge in [-0.25, -0.2) is 15.2 Å². The van der Waals surface area contributed by atoms with Crippen LogP contribution in [-0.2, 0) is 14.9 Å². The molecule has 0 aliphatic carbocycles. The van der Waals surface area contributed by atoms with Crippen LogP contribution in [0, 0.1) is 0 Å². The monoisotopic (exact) mass is 412 g/mol. The minimum absolute atomic E-state index is 0.0610. The number of aliphatic hydroxyl groups is 1. The van der Waals surface area contributed by atoms with E-state index in [9.17, 15) is 14.7 Å². The van der Waals surface area contributed by atoms with Crippen molar-refractivity contribution in [2.45, 2.75) is 44.6 Å². The largest absolute Gasteiger partial charge is 0.443 e. The highest BCUT2D eigenvalue weighted by Gasteiger charge is 2.35. The number of carbonyl (C=O) groups excluding carboxylic acids is 2. The van der Waals surface area contributed by atoms with Crippen molar-refractivity contribution in [3.63, 3.8) is 0 Å². The standard InChI is InChI=1S/C24H32N2O4/c1-23(2,3)30-22(29)26(16-18-28)25-19-24(15-10-17-27,20-11-6-4-7-12-20)21-13-8-5-9-14-21/h4-9,11-14,18,25,27H,10,15-17,19H2,1-3H3. The van der Waals surface area contributed by atoms with Gasteiger partial charge < -0.3 is 14.6 Å². The maximum absolute atomic E-state index is 12.6. The Morgan fingerprint density at radius 2 is 1.57 bits per heavy atom. The highest BCUT2D eigenvalue weighted by molar-refractivity contribution is 5.71. The fourth-order valence-electron chi connectivity index (χ4n) is 3.47. The number of nitrogens with zero attached hydrogens (tertiary/aromatic N) is 1. The van der Waals surface area contributed by atoms with Gasteiger partial charge in [-0.1, -0.05) is 60.7 Å². The maximum atomic E-state index is 12.6. The second kappa shape index (κ2) is 10.9. The molecule has 0 saturated heterocycles. The van der Waals surface area contributed by atoms with Crippen LogP contribution >= 0.6 is 0 Å². The molecular formula is C24H32N2O4. The predicted octanol–water partition coefficient (Wildman–Crippen LogP) is 3.69. The van der Waals surface area contributed by atoms with Crippen LogP contribution in [0.3, 0.4) is 0 Å². The number of hydrogen-bond donors (Lipinski definition) is 2. The zero-order valence-corrected chi connectivity index (χ0v) is 18.0. The van der Waals surface area contributed by atoms with E-state index in [1.807, 2.05) is 60.7 Å². The summed E-state index contributed by atoms with van der Waals surface area (Å²) in [5.41, 5.74) is 4.08. The Labute approximate surface area is 178 Å². The first-order chi connectivity index (χ1) is 14.3. The highest BCUT2D eigenvalue weighted by atomic mass is 16.6. The summed E-state index contributed by atoms with van der Waals surface area (Å²) < 4.78 is 5.44. The molecule has 30 heavy (non-hydrogen) atoms. The minimum Gasteiger partial charge on any atom is -0.443 e. The van der Waals surface area contributed by atoms with Gasteiger partial charge in [0, 0.05) is 18.6 Å². The summed E-state index contributed by atoms with van der Waals surface area (Å²) in [6, 6.07) is 20.0. The molecule has 0 aliphatic heterocycles. The fraction of sp³-hybridized carbons (Fsp3) is 0.417. The molecule has 0 aliphatic rings. The summed E-state index contributed by atoms with van der Waals surface area (Å²) in [5, 5.41) is 10.8. The molecule has 0 fully saturated rings. The van der Waals surface area contributed by atoms with E-state index in [4.69, 9.17) is 4.74 Å². The van der Waals surface area contributed by atoms with E-state index in [0.717, 1.165) is 11.1 Å². The molecule has 0 atom stereocenters. The summed E-state index contributed by atoms with van der Waals surface area (Å²) >= 11 is 0. The van der Waals surface area contributed by atoms with E-state index in [0.29, 0.717) is 25.7 Å². The molecule has 2 aromatic carbocycles. The van der Waals surface area contributed by atoms with Crippen LogP contribution in [0.5, 0.6) is 0 Å². The van der Waals surface area contributed by atoms with E-state index in [-0.39, 0.29) is 13.2 Å². The number of nitrogens with one attached hydrogen (secondary N) is 1. The van der Waals surface area contributed by atoms with Crippen LogP contribution in [0.25, 0.3) is 0 Å². The van der Waals surface area contributed by atoms with E-state index in [1.165, 1.54) is 5.01 Å². The number of benzene rings is 2. The van der Waals surface area contributed by atoms with E-state index in [1.54, 1.807) is 20.8 Å². The Balaban J connectivity index is 2.40. The zero-order valence-electron chi connectivity index (χ0n) is 18.0. The summed E-state index contributed by atoms with van der Waals surface area (Å²) in [4.78, 5) is 23.8. The van der Waals surface area contributed by atoms with Crippen molar-refractivity contribution in [3.8, 4) is 0 Å². The first-order valence-corrected chi connectivity index (χ1v) is 10.2. The van der Waals surface area contributed by atoms with Crippen LogP contribution < -0.4 is 5.43 Å². The SMILES string of the molecule is CC(C)(C)OC(=O)N(CC=O)NCC(CCCO)(c1ccccc1)c1ccccc1. The summed E-state index contributed by atoms with van der Waals surface area (Å²) in [7, 11) is 0. The van der Waals surface area contributed by atoms with E-state index in [2.05, 4.69) is 5.43 Å². The Bertz CT molecular complexity index is 748. The van der Waals surface area contributed by atoms with Gasteiger partial charge in [0.25, 0.3) is 0 Å². The van der Waals surface area contributed by atoms with Crippen molar-refractivity contribution in [3.05, 3.63) is 71.8 Å². The molecule has 0 unspecified atom stereocenters. The summed E-state index contributed by atoms with van der Waals surface area (Å²) in [5.74, 6) is 0. The van der Waals surface area contributed by atoms with Gasteiger partial charge in [0.05, 0.1) is 6.54 Å². The van der Waals surface area contributed by atoms with Gasteiger partial charge in [-0.3, -0.25) is 0 Å². The number of carbonyl (C=O) groups is 2. The summed E-state index contributed by atoms with van der Waals surface area (Å²) in [6.07, 6.45) is 1.31. The number of rotatable bonds is 10. The van der Waals surface area contributed by atoms with Crippen molar-refractivity contribution in [1.29, 1.82) is 0 Å². The number of hydrazine groups is 1. The average Bonchev–Trinajstić information content (AvgIpc) is 2.73. The Morgan fingerprint density at radius 3 is 2.00 bits per heavy atom. The maximum Gasteiger partial charge on any atom is 0.425 e. The highest BCUT2D eigenvalue weighted by Crippen LogP contribution is 2.36. The van der Waals surface area contributed by atoms with Gasteiger partial charge in [-0.2, -0.15) is 0 Å². The summed E-state index contributed by atoms with van der Waals surface area (Å²) in [6.45, 7) is 5.63. The van der Waals surface area contributed by atoms with Gasteiger partial charge in [-0.15, -0.1) is 0 Å². The lowest BCUT2D eigenvalue weighted by atomic mass is 9.71. The zero-order chi connectivity index (χ0) is 22.0. The van der Waals surface area contributed by atoms with Crippen molar-refractivity contribution >= 4 is 12.4 Å². The lowest BCUT2D eigenvalue weighted by Crippen LogP contribution is -2.51. The Morgan fingerprint density at radius 1 is 1.03 bits per heavy atom. The van der Waals surface area contributed by atoms with Gasteiger partial charge >= 0.3 is 6.09 Å². The third-order valence-electron chi connectivity index (χ3n) is 4.86. The van der Waals surface area contributed by atoms with E-state index < -0.39 is 17.1 Å². The topological polar surface area (TPSA) is 78.9 Å². The van der Waals surface area contributed by atoms with Crippen LogP contribution in [0.15, 0.2) is 60.7 Å². The molecule has 6 nitrogen and oxygen atoms in total. The number of hydrogen-bond acceptors (Lipinski definition) is 5. The molecule has 162 valence electrons. The number of aldehydes is 1. The van der Waals surface area contributed by atoms with E-state index >= 15 is 0 Å². The number of amides is 1. The first-order valence-electron chi connectivity index (χ1n) is 10.2. The van der Waals surface area contributed by atoms with Crippen molar-refractivity contribution in [2.75, 3.05) is 19.7 Å². The molecule has 1 amide bonds.